The number of nitrogens with one attached hydrogen (secondary N) is 1. The second-order valence-electron chi connectivity index (χ2n) is 4.54. The van der Waals surface area contributed by atoms with Gasteiger partial charge in [-0.15, -0.1) is 11.3 Å². The van der Waals surface area contributed by atoms with Crippen LogP contribution in [0.2, 0.25) is 4.34 Å². The van der Waals surface area contributed by atoms with E-state index in [-0.39, 0.29) is 0 Å². The maximum atomic E-state index is 5.93. The number of likely N-dealkylation sites (N-methyl/N-ethyl adjacent to an activating group) is 1. The van der Waals surface area contributed by atoms with Crippen molar-refractivity contribution in [3.05, 3.63) is 21.3 Å². The smallest absolute Gasteiger partial charge is 0.0931 e. The van der Waals surface area contributed by atoms with Crippen LogP contribution in [0.3, 0.4) is 0 Å². The average molecular weight is 274 g/mol. The van der Waals surface area contributed by atoms with Crippen LogP contribution in [0.5, 0.6) is 0 Å². The summed E-state index contributed by atoms with van der Waals surface area (Å²) in [5.74, 6) is 0. The first kappa shape index (κ1) is 13.3. The van der Waals surface area contributed by atoms with Crippen LogP contribution < -0.4 is 5.32 Å². The van der Waals surface area contributed by atoms with Crippen molar-refractivity contribution in [3.63, 3.8) is 0 Å². The number of halogens is 1. The first-order chi connectivity index (χ1) is 8.24. The highest BCUT2D eigenvalue weighted by Gasteiger charge is 2.10. The van der Waals surface area contributed by atoms with E-state index in [2.05, 4.69) is 28.2 Å². The van der Waals surface area contributed by atoms with Gasteiger partial charge in [-0.25, -0.2) is 0 Å². The second kappa shape index (κ2) is 6.71. The summed E-state index contributed by atoms with van der Waals surface area (Å²) in [6.07, 6.45) is 0. The lowest BCUT2D eigenvalue weighted by Gasteiger charge is -2.28. The zero-order valence-electron chi connectivity index (χ0n) is 10.3. The number of thiophene rings is 1. The monoisotopic (exact) mass is 273 g/mol. The molecule has 0 radical (unpaired) electrons. The average Bonchev–Trinajstić information content (AvgIpc) is 2.73. The van der Waals surface area contributed by atoms with Crippen molar-refractivity contribution in [2.24, 2.45) is 0 Å². The van der Waals surface area contributed by atoms with E-state index in [0.29, 0.717) is 0 Å². The van der Waals surface area contributed by atoms with Crippen molar-refractivity contribution in [2.45, 2.75) is 6.54 Å². The van der Waals surface area contributed by atoms with Crippen LogP contribution in [0.1, 0.15) is 4.88 Å². The predicted molar refractivity (Wildman–Crippen MR) is 75.0 cm³/mol. The Morgan fingerprint density at radius 1 is 1.41 bits per heavy atom. The molecule has 1 N–H and O–H groups in total. The summed E-state index contributed by atoms with van der Waals surface area (Å²) < 4.78 is 0.885. The summed E-state index contributed by atoms with van der Waals surface area (Å²) in [7, 11) is 2.18. The number of hydrogen-bond acceptors (Lipinski definition) is 4. The van der Waals surface area contributed by atoms with E-state index in [1.54, 1.807) is 11.3 Å². The Kier molecular flexibility index (Phi) is 5.25. The topological polar surface area (TPSA) is 18.5 Å². The largest absolute Gasteiger partial charge is 0.314 e. The lowest BCUT2D eigenvalue weighted by atomic mass is 10.3. The van der Waals surface area contributed by atoms with Crippen molar-refractivity contribution in [3.8, 4) is 0 Å². The zero-order chi connectivity index (χ0) is 12.1. The molecule has 5 heteroatoms. The van der Waals surface area contributed by atoms with E-state index in [9.17, 15) is 0 Å². The fourth-order valence-corrected chi connectivity index (χ4v) is 3.20. The summed E-state index contributed by atoms with van der Waals surface area (Å²) in [5.41, 5.74) is 0. The molecule has 1 aliphatic heterocycles. The van der Waals surface area contributed by atoms with E-state index in [1.165, 1.54) is 18.0 Å². The lowest BCUT2D eigenvalue weighted by molar-refractivity contribution is 0.203. The molecular formula is C12H20ClN3S. The van der Waals surface area contributed by atoms with Gasteiger partial charge < -0.3 is 10.2 Å². The molecule has 0 unspecified atom stereocenters. The van der Waals surface area contributed by atoms with E-state index < -0.39 is 0 Å². The van der Waals surface area contributed by atoms with Crippen LogP contribution in [0.25, 0.3) is 0 Å². The molecule has 96 valence electrons. The van der Waals surface area contributed by atoms with Crippen LogP contribution in [0.15, 0.2) is 12.1 Å². The third kappa shape index (κ3) is 4.56. The minimum absolute atomic E-state index is 0.885. The molecule has 1 saturated heterocycles. The summed E-state index contributed by atoms with van der Waals surface area (Å²) in [6.45, 7) is 7.90. The van der Waals surface area contributed by atoms with E-state index >= 15 is 0 Å². The molecule has 1 aromatic heterocycles. The molecule has 2 rings (SSSR count). The van der Waals surface area contributed by atoms with Gasteiger partial charge in [0.25, 0.3) is 0 Å². The van der Waals surface area contributed by atoms with Crippen LogP contribution >= 0.6 is 22.9 Å². The van der Waals surface area contributed by atoms with Crippen molar-refractivity contribution >= 4 is 22.9 Å². The SMILES string of the molecule is CN(CCN1CCNCC1)Cc1ccc(Cl)s1. The molecule has 3 nitrogen and oxygen atoms in total. The van der Waals surface area contributed by atoms with Crippen molar-refractivity contribution < 1.29 is 0 Å². The van der Waals surface area contributed by atoms with Gasteiger partial charge in [-0.3, -0.25) is 4.90 Å². The van der Waals surface area contributed by atoms with E-state index in [4.69, 9.17) is 11.6 Å². The molecule has 0 atom stereocenters. The highest BCUT2D eigenvalue weighted by Crippen LogP contribution is 2.22. The summed E-state index contributed by atoms with van der Waals surface area (Å²) in [5, 5.41) is 3.38. The Hall–Kier alpha value is -0.130. The fraction of sp³-hybridized carbons (Fsp3) is 0.667. The Labute approximate surface area is 112 Å². The summed E-state index contributed by atoms with van der Waals surface area (Å²) in [4.78, 5) is 6.23. The predicted octanol–water partition coefficient (Wildman–Crippen LogP) is 1.74. The molecule has 0 spiro atoms. The molecule has 0 bridgehead atoms. The number of hydrogen-bond donors (Lipinski definition) is 1. The second-order valence-corrected chi connectivity index (χ2v) is 6.33. The number of rotatable bonds is 5. The quantitative estimate of drug-likeness (QED) is 0.882. The van der Waals surface area contributed by atoms with Gasteiger partial charge in [-0.1, -0.05) is 11.6 Å². The number of nitrogens with zero attached hydrogens (tertiary/aromatic N) is 2. The molecule has 1 fully saturated rings. The Morgan fingerprint density at radius 3 is 2.82 bits per heavy atom. The molecule has 0 amide bonds. The van der Waals surface area contributed by atoms with Gasteiger partial charge in [0.1, 0.15) is 0 Å². The highest BCUT2D eigenvalue weighted by molar-refractivity contribution is 7.16. The molecule has 1 aromatic rings. The summed E-state index contributed by atoms with van der Waals surface area (Å²) >= 11 is 7.61. The number of piperazine rings is 1. The Balaban J connectivity index is 1.68. The van der Waals surface area contributed by atoms with Gasteiger partial charge in [-0.05, 0) is 19.2 Å². The fourth-order valence-electron chi connectivity index (χ4n) is 2.03. The van der Waals surface area contributed by atoms with Gasteiger partial charge in [-0.2, -0.15) is 0 Å². The van der Waals surface area contributed by atoms with E-state index in [1.807, 2.05) is 6.07 Å². The third-order valence-electron chi connectivity index (χ3n) is 3.06. The first-order valence-corrected chi connectivity index (χ1v) is 7.29. The molecule has 0 saturated carbocycles. The van der Waals surface area contributed by atoms with Crippen molar-refractivity contribution in [2.75, 3.05) is 46.3 Å². The maximum Gasteiger partial charge on any atom is 0.0931 e. The Morgan fingerprint density at radius 2 is 2.18 bits per heavy atom. The molecule has 17 heavy (non-hydrogen) atoms. The minimum atomic E-state index is 0.885. The van der Waals surface area contributed by atoms with E-state index in [0.717, 1.165) is 37.1 Å². The molecule has 0 aliphatic carbocycles. The molecule has 1 aliphatic rings. The third-order valence-corrected chi connectivity index (χ3v) is 4.28. The zero-order valence-corrected chi connectivity index (χ0v) is 11.9. The van der Waals surface area contributed by atoms with Gasteiger partial charge in [0.2, 0.25) is 0 Å². The van der Waals surface area contributed by atoms with Crippen LogP contribution in [0.4, 0.5) is 0 Å². The molecule has 0 aromatic carbocycles. The summed E-state index contributed by atoms with van der Waals surface area (Å²) in [6, 6.07) is 4.10. The molecule has 2 heterocycles. The lowest BCUT2D eigenvalue weighted by Crippen LogP contribution is -2.45. The highest BCUT2D eigenvalue weighted by atomic mass is 35.5. The van der Waals surface area contributed by atoms with Gasteiger partial charge in [0.15, 0.2) is 0 Å². The van der Waals surface area contributed by atoms with Gasteiger partial charge in [0.05, 0.1) is 4.34 Å². The van der Waals surface area contributed by atoms with Crippen LogP contribution in [0, 0.1) is 0 Å². The normalized spacial score (nSPS) is 17.8. The van der Waals surface area contributed by atoms with Crippen LogP contribution in [-0.4, -0.2) is 56.1 Å². The molecular weight excluding hydrogens is 254 g/mol. The standard InChI is InChI=1S/C12H20ClN3S/c1-15(10-11-2-3-12(13)17-11)8-9-16-6-4-14-5-7-16/h2-3,14H,4-10H2,1H3. The van der Waals surface area contributed by atoms with Crippen LogP contribution in [-0.2, 0) is 6.54 Å². The Bertz CT molecular complexity index is 336. The van der Waals surface area contributed by atoms with Crippen molar-refractivity contribution in [1.29, 1.82) is 0 Å². The van der Waals surface area contributed by atoms with Crippen molar-refractivity contribution in [1.82, 2.24) is 15.1 Å². The van der Waals surface area contributed by atoms with Gasteiger partial charge in [0, 0.05) is 50.7 Å². The maximum absolute atomic E-state index is 5.93. The minimum Gasteiger partial charge on any atom is -0.314 e. The van der Waals surface area contributed by atoms with Gasteiger partial charge >= 0.3 is 0 Å². The first-order valence-electron chi connectivity index (χ1n) is 6.10.